The molecule has 1 heterocycles. The number of ether oxygens (including phenoxy) is 1. The van der Waals surface area contributed by atoms with Crippen LogP contribution in [0, 0.1) is 0 Å². The molecule has 2 aromatic rings. The van der Waals surface area contributed by atoms with Crippen molar-refractivity contribution in [1.29, 1.82) is 0 Å². The summed E-state index contributed by atoms with van der Waals surface area (Å²) in [4.78, 5) is 5.42. The van der Waals surface area contributed by atoms with Gasteiger partial charge in [0.15, 0.2) is 0 Å². The number of nitrogens with one attached hydrogen (secondary N) is 1. The standard InChI is InChI=1S/C15H20N2OS/c1-3-18-15(12-7-5-4-6-8-12)14(16-2)9-13-10-17-11-19-13/h4-8,10-11,14-16H,3,9H2,1-2H3. The molecule has 0 fully saturated rings. The Morgan fingerprint density at radius 1 is 1.32 bits per heavy atom. The van der Waals surface area contributed by atoms with Gasteiger partial charge < -0.3 is 10.1 Å². The summed E-state index contributed by atoms with van der Waals surface area (Å²) in [5, 5.41) is 3.38. The number of likely N-dealkylation sites (N-methyl/N-ethyl adjacent to an activating group) is 1. The molecule has 1 aromatic carbocycles. The first-order chi connectivity index (χ1) is 9.35. The molecule has 0 spiro atoms. The minimum atomic E-state index is 0.0679. The average Bonchev–Trinajstić information content (AvgIpc) is 2.96. The van der Waals surface area contributed by atoms with Crippen LogP contribution in [-0.4, -0.2) is 24.7 Å². The maximum absolute atomic E-state index is 5.95. The molecule has 0 bridgehead atoms. The predicted molar refractivity (Wildman–Crippen MR) is 79.5 cm³/mol. The van der Waals surface area contributed by atoms with E-state index in [1.807, 2.05) is 31.7 Å². The van der Waals surface area contributed by atoms with Crippen molar-refractivity contribution in [3.05, 3.63) is 52.5 Å². The number of hydrogen-bond acceptors (Lipinski definition) is 4. The molecule has 2 unspecified atom stereocenters. The van der Waals surface area contributed by atoms with Crippen LogP contribution in [0.5, 0.6) is 0 Å². The second kappa shape index (κ2) is 7.38. The summed E-state index contributed by atoms with van der Waals surface area (Å²) < 4.78 is 5.95. The van der Waals surface area contributed by atoms with Crippen LogP contribution in [0.4, 0.5) is 0 Å². The molecule has 0 aliphatic carbocycles. The molecule has 0 amide bonds. The van der Waals surface area contributed by atoms with E-state index >= 15 is 0 Å². The smallest absolute Gasteiger partial charge is 0.0981 e. The van der Waals surface area contributed by atoms with Gasteiger partial charge in [-0.1, -0.05) is 30.3 Å². The fourth-order valence-corrected chi connectivity index (χ4v) is 2.84. The van der Waals surface area contributed by atoms with Crippen LogP contribution >= 0.6 is 11.3 Å². The van der Waals surface area contributed by atoms with E-state index in [9.17, 15) is 0 Å². The SMILES string of the molecule is CCOC(c1ccccc1)C(Cc1cncs1)NC. The molecular formula is C15H20N2OS. The van der Waals surface area contributed by atoms with E-state index in [0.717, 1.165) is 6.42 Å². The second-order valence-electron chi connectivity index (χ2n) is 4.35. The Morgan fingerprint density at radius 3 is 2.68 bits per heavy atom. The third-order valence-corrected chi connectivity index (χ3v) is 3.92. The van der Waals surface area contributed by atoms with Gasteiger partial charge in [-0.25, -0.2) is 0 Å². The maximum Gasteiger partial charge on any atom is 0.0981 e. The Kier molecular flexibility index (Phi) is 5.51. The molecular weight excluding hydrogens is 256 g/mol. The molecule has 0 radical (unpaired) electrons. The molecule has 1 aromatic heterocycles. The Balaban J connectivity index is 2.16. The van der Waals surface area contributed by atoms with Gasteiger partial charge in [-0.05, 0) is 19.5 Å². The van der Waals surface area contributed by atoms with Crippen LogP contribution in [0.15, 0.2) is 42.0 Å². The molecule has 102 valence electrons. The summed E-state index contributed by atoms with van der Waals surface area (Å²) in [5.41, 5.74) is 3.09. The van der Waals surface area contributed by atoms with Gasteiger partial charge in [-0.3, -0.25) is 4.98 Å². The minimum absolute atomic E-state index is 0.0679. The monoisotopic (exact) mass is 276 g/mol. The zero-order chi connectivity index (χ0) is 13.5. The fourth-order valence-electron chi connectivity index (χ4n) is 2.19. The zero-order valence-electron chi connectivity index (χ0n) is 11.4. The normalized spacial score (nSPS) is 14.2. The van der Waals surface area contributed by atoms with Gasteiger partial charge in [0.25, 0.3) is 0 Å². The summed E-state index contributed by atoms with van der Waals surface area (Å²) in [6.45, 7) is 2.75. The van der Waals surface area contributed by atoms with Crippen LogP contribution < -0.4 is 5.32 Å². The van der Waals surface area contributed by atoms with E-state index in [1.54, 1.807) is 11.3 Å². The highest BCUT2D eigenvalue weighted by atomic mass is 32.1. The average molecular weight is 276 g/mol. The summed E-state index contributed by atoms with van der Waals surface area (Å²) in [5.74, 6) is 0. The van der Waals surface area contributed by atoms with Crippen LogP contribution in [0.3, 0.4) is 0 Å². The van der Waals surface area contributed by atoms with E-state index in [1.165, 1.54) is 10.4 Å². The molecule has 0 aliphatic rings. The van der Waals surface area contributed by atoms with Crippen molar-refractivity contribution in [2.24, 2.45) is 0 Å². The molecule has 2 atom stereocenters. The molecule has 2 rings (SSSR count). The van der Waals surface area contributed by atoms with Gasteiger partial charge >= 0.3 is 0 Å². The molecule has 0 saturated carbocycles. The fraction of sp³-hybridized carbons (Fsp3) is 0.400. The lowest BCUT2D eigenvalue weighted by Crippen LogP contribution is -2.35. The van der Waals surface area contributed by atoms with Crippen LogP contribution in [0.2, 0.25) is 0 Å². The lowest BCUT2D eigenvalue weighted by molar-refractivity contribution is 0.0354. The van der Waals surface area contributed by atoms with Crippen molar-refractivity contribution < 1.29 is 4.74 Å². The first-order valence-electron chi connectivity index (χ1n) is 6.56. The molecule has 3 nitrogen and oxygen atoms in total. The molecule has 0 saturated heterocycles. The Hall–Kier alpha value is -1.23. The van der Waals surface area contributed by atoms with Crippen LogP contribution in [0.25, 0.3) is 0 Å². The second-order valence-corrected chi connectivity index (χ2v) is 5.32. The van der Waals surface area contributed by atoms with Crippen molar-refractivity contribution in [2.45, 2.75) is 25.5 Å². The van der Waals surface area contributed by atoms with E-state index in [0.29, 0.717) is 6.61 Å². The highest BCUT2D eigenvalue weighted by Crippen LogP contribution is 2.24. The van der Waals surface area contributed by atoms with Gasteiger partial charge in [0.05, 0.1) is 11.6 Å². The number of hydrogen-bond donors (Lipinski definition) is 1. The van der Waals surface area contributed by atoms with Crippen LogP contribution in [-0.2, 0) is 11.2 Å². The number of benzene rings is 1. The number of nitrogens with zero attached hydrogens (tertiary/aromatic N) is 1. The largest absolute Gasteiger partial charge is 0.372 e. The predicted octanol–water partition coefficient (Wildman–Crippen LogP) is 3.05. The third-order valence-electron chi connectivity index (χ3n) is 3.12. The summed E-state index contributed by atoms with van der Waals surface area (Å²) in [6, 6.07) is 10.6. The first kappa shape index (κ1) is 14.2. The van der Waals surface area contributed by atoms with Crippen molar-refractivity contribution >= 4 is 11.3 Å². The van der Waals surface area contributed by atoms with Gasteiger partial charge in [0, 0.05) is 30.1 Å². The minimum Gasteiger partial charge on any atom is -0.372 e. The van der Waals surface area contributed by atoms with Gasteiger partial charge in [-0.15, -0.1) is 11.3 Å². The van der Waals surface area contributed by atoms with Gasteiger partial charge in [0.1, 0.15) is 0 Å². The molecule has 19 heavy (non-hydrogen) atoms. The summed E-state index contributed by atoms with van der Waals surface area (Å²) in [6.07, 6.45) is 2.93. The molecule has 4 heteroatoms. The Bertz CT molecular complexity index is 458. The lowest BCUT2D eigenvalue weighted by Gasteiger charge is -2.26. The molecule has 0 aliphatic heterocycles. The van der Waals surface area contributed by atoms with Gasteiger partial charge in [0.2, 0.25) is 0 Å². The van der Waals surface area contributed by atoms with Crippen molar-refractivity contribution in [3.63, 3.8) is 0 Å². The Labute approximate surface area is 118 Å². The zero-order valence-corrected chi connectivity index (χ0v) is 12.2. The third kappa shape index (κ3) is 3.86. The first-order valence-corrected chi connectivity index (χ1v) is 7.44. The van der Waals surface area contributed by atoms with E-state index in [2.05, 4.69) is 34.6 Å². The quantitative estimate of drug-likeness (QED) is 0.844. The van der Waals surface area contributed by atoms with E-state index < -0.39 is 0 Å². The maximum atomic E-state index is 5.95. The van der Waals surface area contributed by atoms with Gasteiger partial charge in [-0.2, -0.15) is 0 Å². The number of aromatic nitrogens is 1. The number of thiazole rings is 1. The highest BCUT2D eigenvalue weighted by Gasteiger charge is 2.22. The lowest BCUT2D eigenvalue weighted by atomic mass is 9.99. The van der Waals surface area contributed by atoms with Crippen LogP contribution in [0.1, 0.15) is 23.5 Å². The Morgan fingerprint density at radius 2 is 2.11 bits per heavy atom. The topological polar surface area (TPSA) is 34.1 Å². The van der Waals surface area contributed by atoms with Crippen molar-refractivity contribution in [3.8, 4) is 0 Å². The van der Waals surface area contributed by atoms with E-state index in [-0.39, 0.29) is 12.1 Å². The molecule has 1 N–H and O–H groups in total. The summed E-state index contributed by atoms with van der Waals surface area (Å²) in [7, 11) is 1.99. The highest BCUT2D eigenvalue weighted by molar-refractivity contribution is 7.09. The van der Waals surface area contributed by atoms with Crippen molar-refractivity contribution in [1.82, 2.24) is 10.3 Å². The number of rotatable bonds is 7. The van der Waals surface area contributed by atoms with E-state index in [4.69, 9.17) is 4.74 Å². The van der Waals surface area contributed by atoms with Crippen molar-refractivity contribution in [2.75, 3.05) is 13.7 Å². The summed E-state index contributed by atoms with van der Waals surface area (Å²) >= 11 is 1.69.